The van der Waals surface area contributed by atoms with E-state index in [9.17, 15) is 18.0 Å². The first kappa shape index (κ1) is 23.9. The van der Waals surface area contributed by atoms with Crippen LogP contribution in [-0.4, -0.2) is 73.3 Å². The van der Waals surface area contributed by atoms with Crippen LogP contribution in [0.5, 0.6) is 0 Å². The Morgan fingerprint density at radius 1 is 1.00 bits per heavy atom. The predicted molar refractivity (Wildman–Crippen MR) is 110 cm³/mol. The van der Waals surface area contributed by atoms with Crippen molar-refractivity contribution in [2.24, 2.45) is 5.92 Å². The number of piperidine rings is 2. The Bertz CT molecular complexity index is 657. The zero-order chi connectivity index (χ0) is 21.7. The van der Waals surface area contributed by atoms with Crippen LogP contribution in [0.2, 0.25) is 0 Å². The number of rotatable bonds is 6. The van der Waals surface area contributed by atoms with Gasteiger partial charge >= 0.3 is 12.1 Å². The maximum atomic E-state index is 13.0. The fourth-order valence-corrected chi connectivity index (χ4v) is 5.62. The van der Waals surface area contributed by atoms with Crippen molar-refractivity contribution in [1.82, 2.24) is 9.21 Å². The number of nitrogens with zero attached hydrogens (tertiary/aromatic N) is 2. The van der Waals surface area contributed by atoms with Gasteiger partial charge in [-0.25, -0.2) is 17.5 Å². The van der Waals surface area contributed by atoms with Gasteiger partial charge < -0.3 is 14.4 Å². The van der Waals surface area contributed by atoms with Crippen LogP contribution < -0.4 is 0 Å². The molecule has 0 bridgehead atoms. The molecule has 0 aromatic heterocycles. The molecule has 2 aliphatic rings. The van der Waals surface area contributed by atoms with E-state index in [1.165, 1.54) is 4.31 Å². The first-order valence-electron chi connectivity index (χ1n) is 10.7. The van der Waals surface area contributed by atoms with Crippen molar-refractivity contribution in [1.29, 1.82) is 0 Å². The quantitative estimate of drug-likeness (QED) is 0.473. The number of esters is 1. The van der Waals surface area contributed by atoms with E-state index in [-0.39, 0.29) is 18.0 Å². The van der Waals surface area contributed by atoms with E-state index in [1.807, 2.05) is 27.7 Å². The molecule has 0 saturated carbocycles. The van der Waals surface area contributed by atoms with E-state index < -0.39 is 20.9 Å². The zero-order valence-electron chi connectivity index (χ0n) is 18.2. The van der Waals surface area contributed by atoms with Gasteiger partial charge in [0.25, 0.3) is 0 Å². The lowest BCUT2D eigenvalue weighted by Crippen LogP contribution is -2.49. The Hall–Kier alpha value is -1.35. The lowest BCUT2D eigenvalue weighted by Gasteiger charge is -2.36. The third-order valence-corrected chi connectivity index (χ3v) is 7.80. The summed E-state index contributed by atoms with van der Waals surface area (Å²) in [5.41, 5.74) is -0.536. The summed E-state index contributed by atoms with van der Waals surface area (Å²) in [4.78, 5) is 25.9. The maximum Gasteiger partial charge on any atom is 0.409 e. The number of unbranched alkanes of at least 4 members (excludes halogenated alkanes) is 1. The highest BCUT2D eigenvalue weighted by molar-refractivity contribution is 7.89. The topological polar surface area (TPSA) is 93.2 Å². The highest BCUT2D eigenvalue weighted by Crippen LogP contribution is 2.27. The minimum Gasteiger partial charge on any atom is -0.460 e. The first-order chi connectivity index (χ1) is 13.5. The van der Waals surface area contributed by atoms with Gasteiger partial charge in [-0.15, -0.1) is 0 Å². The normalized spacial score (nSPS) is 20.5. The van der Waals surface area contributed by atoms with E-state index in [1.54, 1.807) is 4.90 Å². The van der Waals surface area contributed by atoms with Gasteiger partial charge in [0, 0.05) is 26.2 Å². The molecule has 0 radical (unpaired) electrons. The summed E-state index contributed by atoms with van der Waals surface area (Å²) in [6.07, 6.45) is 3.23. The number of amides is 1. The number of ether oxygens (including phenoxy) is 2. The molecular formula is C20H36N2O6S. The minimum absolute atomic E-state index is 0.246. The van der Waals surface area contributed by atoms with Crippen LogP contribution >= 0.6 is 0 Å². The fraction of sp³-hybridized carbons (Fsp3) is 0.900. The molecule has 8 nitrogen and oxygen atoms in total. The van der Waals surface area contributed by atoms with Crippen molar-refractivity contribution in [3.63, 3.8) is 0 Å². The molecule has 0 unspecified atom stereocenters. The van der Waals surface area contributed by atoms with Gasteiger partial charge in [0.1, 0.15) is 5.60 Å². The van der Waals surface area contributed by atoms with Crippen molar-refractivity contribution < 1.29 is 27.5 Å². The summed E-state index contributed by atoms with van der Waals surface area (Å²) in [7, 11) is -3.44. The molecule has 0 aromatic carbocycles. The third kappa shape index (κ3) is 6.84. The molecule has 9 heteroatoms. The van der Waals surface area contributed by atoms with Gasteiger partial charge in [0.05, 0.1) is 17.8 Å². The van der Waals surface area contributed by atoms with Gasteiger partial charge in [-0.2, -0.15) is 0 Å². The van der Waals surface area contributed by atoms with Crippen LogP contribution in [0.1, 0.15) is 66.2 Å². The molecule has 2 heterocycles. The molecule has 29 heavy (non-hydrogen) atoms. The van der Waals surface area contributed by atoms with Crippen LogP contribution in [0, 0.1) is 5.92 Å². The van der Waals surface area contributed by atoms with Crippen molar-refractivity contribution in [3.05, 3.63) is 0 Å². The minimum atomic E-state index is -3.44. The average molecular weight is 433 g/mol. The second-order valence-electron chi connectivity index (χ2n) is 8.91. The highest BCUT2D eigenvalue weighted by atomic mass is 32.2. The van der Waals surface area contributed by atoms with E-state index in [0.29, 0.717) is 58.5 Å². The van der Waals surface area contributed by atoms with Crippen LogP contribution in [0.15, 0.2) is 0 Å². The molecule has 0 N–H and O–H groups in total. The van der Waals surface area contributed by atoms with Crippen molar-refractivity contribution >= 4 is 22.1 Å². The smallest absolute Gasteiger partial charge is 0.409 e. The van der Waals surface area contributed by atoms with E-state index in [2.05, 4.69) is 0 Å². The monoisotopic (exact) mass is 432 g/mol. The number of likely N-dealkylation sites (tertiary alicyclic amines) is 1. The fourth-order valence-electron chi connectivity index (χ4n) is 3.67. The van der Waals surface area contributed by atoms with Crippen LogP contribution in [0.4, 0.5) is 4.79 Å². The summed E-state index contributed by atoms with van der Waals surface area (Å²) < 4.78 is 38.2. The molecule has 0 spiro atoms. The Kier molecular flexibility index (Phi) is 8.34. The summed E-state index contributed by atoms with van der Waals surface area (Å²) in [6, 6.07) is 0. The molecule has 168 valence electrons. The van der Waals surface area contributed by atoms with E-state index in [4.69, 9.17) is 9.47 Å². The van der Waals surface area contributed by atoms with Gasteiger partial charge in [0.15, 0.2) is 0 Å². The molecule has 2 aliphatic heterocycles. The molecule has 0 aliphatic carbocycles. The average Bonchev–Trinajstić information content (AvgIpc) is 2.67. The van der Waals surface area contributed by atoms with Crippen molar-refractivity contribution in [3.8, 4) is 0 Å². The molecule has 0 atom stereocenters. The van der Waals surface area contributed by atoms with Crippen molar-refractivity contribution in [2.45, 2.75) is 77.1 Å². The molecule has 2 fully saturated rings. The SMILES string of the molecule is CCCCOC(=O)N1CCC(S(=O)(=O)N2CCC(C(=O)OC(C)(C)C)CC2)CC1. The number of carbonyl (C=O) groups is 2. The van der Waals surface area contributed by atoms with E-state index >= 15 is 0 Å². The summed E-state index contributed by atoms with van der Waals surface area (Å²) in [5, 5.41) is -0.486. The number of hydrogen-bond acceptors (Lipinski definition) is 6. The van der Waals surface area contributed by atoms with Gasteiger partial charge in [-0.3, -0.25) is 4.79 Å². The van der Waals surface area contributed by atoms with Crippen LogP contribution in [0.3, 0.4) is 0 Å². The van der Waals surface area contributed by atoms with Gasteiger partial charge in [-0.05, 0) is 52.9 Å². The highest BCUT2D eigenvalue weighted by Gasteiger charge is 2.39. The summed E-state index contributed by atoms with van der Waals surface area (Å²) in [6.45, 7) is 9.38. The second-order valence-corrected chi connectivity index (χ2v) is 11.1. The molecule has 2 saturated heterocycles. The van der Waals surface area contributed by atoms with E-state index in [0.717, 1.165) is 12.8 Å². The summed E-state index contributed by atoms with van der Waals surface area (Å²) in [5.74, 6) is -0.496. The second kappa shape index (κ2) is 10.1. The Morgan fingerprint density at radius 3 is 2.10 bits per heavy atom. The van der Waals surface area contributed by atoms with Gasteiger partial charge in [0.2, 0.25) is 10.0 Å². The Morgan fingerprint density at radius 2 is 1.59 bits per heavy atom. The zero-order valence-corrected chi connectivity index (χ0v) is 19.0. The largest absolute Gasteiger partial charge is 0.460 e. The summed E-state index contributed by atoms with van der Waals surface area (Å²) >= 11 is 0. The molecule has 2 rings (SSSR count). The maximum absolute atomic E-state index is 13.0. The van der Waals surface area contributed by atoms with Gasteiger partial charge in [-0.1, -0.05) is 13.3 Å². The standard InChI is InChI=1S/C20H36N2O6S/c1-5-6-15-27-19(24)21-11-9-17(10-12-21)29(25,26)22-13-7-16(8-14-22)18(23)28-20(2,3)4/h16-17H,5-15H2,1-4H3. The van der Waals surface area contributed by atoms with Crippen LogP contribution in [0.25, 0.3) is 0 Å². The number of carbonyl (C=O) groups excluding carboxylic acids is 2. The first-order valence-corrected chi connectivity index (χ1v) is 12.2. The van der Waals surface area contributed by atoms with Crippen LogP contribution in [-0.2, 0) is 24.3 Å². The predicted octanol–water partition coefficient (Wildman–Crippen LogP) is 2.77. The molecular weight excluding hydrogens is 396 g/mol. The Balaban J connectivity index is 1.82. The molecule has 1 amide bonds. The third-order valence-electron chi connectivity index (χ3n) is 5.40. The lowest BCUT2D eigenvalue weighted by molar-refractivity contribution is -0.161. The van der Waals surface area contributed by atoms with Crippen molar-refractivity contribution in [2.75, 3.05) is 32.8 Å². The number of sulfonamides is 1. The number of hydrogen-bond donors (Lipinski definition) is 0. The Labute approximate surface area is 174 Å². The molecule has 0 aromatic rings. The lowest BCUT2D eigenvalue weighted by atomic mass is 9.98.